The summed E-state index contributed by atoms with van der Waals surface area (Å²) in [5, 5.41) is 2.98. The highest BCUT2D eigenvalue weighted by atomic mass is 35.5. The van der Waals surface area contributed by atoms with Crippen LogP contribution in [0.25, 0.3) is 11.0 Å². The highest BCUT2D eigenvalue weighted by molar-refractivity contribution is 7.09. The Morgan fingerprint density at radius 3 is 3.00 bits per heavy atom. The molecule has 7 heteroatoms. The number of anilines is 1. The van der Waals surface area contributed by atoms with Crippen LogP contribution < -0.4 is 5.73 Å². The number of nitrogen functional groups attached to an aromatic ring is 1. The molecule has 0 saturated carbocycles. The fourth-order valence-electron chi connectivity index (χ4n) is 1.96. The summed E-state index contributed by atoms with van der Waals surface area (Å²) in [7, 11) is 0. The number of nitrogens with two attached hydrogens (primary N) is 1. The number of fused-ring (bicyclic) bond motifs is 1. The molecule has 4 nitrogen and oxygen atoms in total. The molecular weight excluding hydrogens is 287 g/mol. The first-order chi connectivity index (χ1) is 9.15. The van der Waals surface area contributed by atoms with Gasteiger partial charge >= 0.3 is 0 Å². The van der Waals surface area contributed by atoms with Crippen LogP contribution in [0.4, 0.5) is 10.3 Å². The summed E-state index contributed by atoms with van der Waals surface area (Å²) >= 11 is 7.31. The largest absolute Gasteiger partial charge is 0.369 e. The van der Waals surface area contributed by atoms with Gasteiger partial charge in [-0.25, -0.2) is 14.4 Å². The predicted octanol–water partition coefficient (Wildman–Crippen LogP) is 3.11. The molecule has 0 saturated heterocycles. The second-order valence-electron chi connectivity index (χ2n) is 4.05. The van der Waals surface area contributed by atoms with E-state index in [4.69, 9.17) is 17.3 Å². The molecule has 19 heavy (non-hydrogen) atoms. The van der Waals surface area contributed by atoms with Gasteiger partial charge in [-0.05, 0) is 6.07 Å². The van der Waals surface area contributed by atoms with Crippen LogP contribution in [0.15, 0.2) is 23.7 Å². The SMILES string of the molecule is Nc1nc2cc(Cl)c(F)cc2n1CCc1nccs1. The van der Waals surface area contributed by atoms with Crippen molar-refractivity contribution in [3.63, 3.8) is 0 Å². The number of halogens is 2. The van der Waals surface area contributed by atoms with Crippen LogP contribution in [0, 0.1) is 5.82 Å². The molecular formula is C12H10ClFN4S. The predicted molar refractivity (Wildman–Crippen MR) is 74.9 cm³/mol. The van der Waals surface area contributed by atoms with Gasteiger partial charge in [-0.1, -0.05) is 11.6 Å². The minimum Gasteiger partial charge on any atom is -0.369 e. The molecule has 0 aliphatic rings. The number of hydrogen-bond donors (Lipinski definition) is 1. The first-order valence-electron chi connectivity index (χ1n) is 5.64. The summed E-state index contributed by atoms with van der Waals surface area (Å²) in [4.78, 5) is 8.39. The lowest BCUT2D eigenvalue weighted by Gasteiger charge is -2.05. The van der Waals surface area contributed by atoms with Crippen LogP contribution in [0.3, 0.4) is 0 Å². The van der Waals surface area contributed by atoms with E-state index >= 15 is 0 Å². The fraction of sp³-hybridized carbons (Fsp3) is 0.167. The van der Waals surface area contributed by atoms with E-state index in [0.717, 1.165) is 11.4 Å². The Morgan fingerprint density at radius 2 is 2.26 bits per heavy atom. The summed E-state index contributed by atoms with van der Waals surface area (Å²) in [6, 6.07) is 2.85. The van der Waals surface area contributed by atoms with Crippen LogP contribution in [-0.4, -0.2) is 14.5 Å². The van der Waals surface area contributed by atoms with E-state index in [0.29, 0.717) is 23.5 Å². The second-order valence-corrected chi connectivity index (χ2v) is 5.44. The zero-order chi connectivity index (χ0) is 13.4. The van der Waals surface area contributed by atoms with Crippen molar-refractivity contribution in [1.29, 1.82) is 0 Å². The van der Waals surface area contributed by atoms with Crippen LogP contribution in [0.2, 0.25) is 5.02 Å². The van der Waals surface area contributed by atoms with E-state index in [2.05, 4.69) is 9.97 Å². The summed E-state index contributed by atoms with van der Waals surface area (Å²) in [5.74, 6) is -0.113. The van der Waals surface area contributed by atoms with Gasteiger partial charge in [0.05, 0.1) is 21.1 Å². The average molecular weight is 297 g/mol. The molecule has 2 N–H and O–H groups in total. The van der Waals surface area contributed by atoms with E-state index < -0.39 is 5.82 Å². The quantitative estimate of drug-likeness (QED) is 0.808. The van der Waals surface area contributed by atoms with Crippen LogP contribution in [0.1, 0.15) is 5.01 Å². The lowest BCUT2D eigenvalue weighted by molar-refractivity contribution is 0.628. The molecule has 3 aromatic rings. The molecule has 2 heterocycles. The van der Waals surface area contributed by atoms with Crippen LogP contribution in [0.5, 0.6) is 0 Å². The zero-order valence-electron chi connectivity index (χ0n) is 9.81. The van der Waals surface area contributed by atoms with Crippen molar-refractivity contribution >= 4 is 39.9 Å². The molecule has 0 fully saturated rings. The number of nitrogens with zero attached hydrogens (tertiary/aromatic N) is 3. The third-order valence-corrected chi connectivity index (χ3v) is 3.98. The highest BCUT2D eigenvalue weighted by Crippen LogP contribution is 2.25. The molecule has 98 valence electrons. The number of benzene rings is 1. The Labute approximate surface area is 117 Å². The lowest BCUT2D eigenvalue weighted by Crippen LogP contribution is -2.05. The number of imidazole rings is 1. The summed E-state index contributed by atoms with van der Waals surface area (Å²) in [5.41, 5.74) is 7.11. The molecule has 0 amide bonds. The van der Waals surface area contributed by atoms with Gasteiger partial charge in [0.2, 0.25) is 5.95 Å². The van der Waals surface area contributed by atoms with Gasteiger partial charge in [0.1, 0.15) is 5.82 Å². The molecule has 1 aromatic carbocycles. The van der Waals surface area contributed by atoms with Crippen molar-refractivity contribution in [3.05, 3.63) is 39.6 Å². The van der Waals surface area contributed by atoms with E-state index in [9.17, 15) is 4.39 Å². The summed E-state index contributed by atoms with van der Waals surface area (Å²) < 4.78 is 15.3. The van der Waals surface area contributed by atoms with Crippen molar-refractivity contribution < 1.29 is 4.39 Å². The minimum atomic E-state index is -0.468. The van der Waals surface area contributed by atoms with Gasteiger partial charge in [0.15, 0.2) is 0 Å². The number of aromatic nitrogens is 3. The molecule has 0 aliphatic carbocycles. The molecule has 0 bridgehead atoms. The van der Waals surface area contributed by atoms with Gasteiger partial charge in [0.25, 0.3) is 0 Å². The molecule has 0 spiro atoms. The molecule has 0 aliphatic heterocycles. The Bertz CT molecular complexity index is 723. The number of aryl methyl sites for hydroxylation is 2. The average Bonchev–Trinajstić information content (AvgIpc) is 2.96. The second kappa shape index (κ2) is 4.79. The molecule has 3 rings (SSSR count). The maximum atomic E-state index is 13.5. The van der Waals surface area contributed by atoms with Crippen LogP contribution in [-0.2, 0) is 13.0 Å². The highest BCUT2D eigenvalue weighted by Gasteiger charge is 2.12. The Kier molecular flexibility index (Phi) is 3.12. The van der Waals surface area contributed by atoms with E-state index in [1.807, 2.05) is 5.38 Å². The zero-order valence-corrected chi connectivity index (χ0v) is 11.4. The van der Waals surface area contributed by atoms with Crippen molar-refractivity contribution in [2.75, 3.05) is 5.73 Å². The van der Waals surface area contributed by atoms with Gasteiger partial charge in [-0.2, -0.15) is 0 Å². The third-order valence-electron chi connectivity index (χ3n) is 2.85. The normalized spacial score (nSPS) is 11.3. The summed E-state index contributed by atoms with van der Waals surface area (Å²) in [6.45, 7) is 0.608. The smallest absolute Gasteiger partial charge is 0.201 e. The van der Waals surface area contributed by atoms with E-state index in [1.165, 1.54) is 12.1 Å². The maximum absolute atomic E-state index is 13.5. The summed E-state index contributed by atoms with van der Waals surface area (Å²) in [6.07, 6.45) is 2.49. The first-order valence-corrected chi connectivity index (χ1v) is 6.90. The third kappa shape index (κ3) is 2.29. The van der Waals surface area contributed by atoms with Crippen molar-refractivity contribution in [1.82, 2.24) is 14.5 Å². The monoisotopic (exact) mass is 296 g/mol. The maximum Gasteiger partial charge on any atom is 0.201 e. The number of rotatable bonds is 3. The van der Waals surface area contributed by atoms with Crippen molar-refractivity contribution in [2.24, 2.45) is 0 Å². The van der Waals surface area contributed by atoms with Gasteiger partial charge in [-0.3, -0.25) is 0 Å². The topological polar surface area (TPSA) is 56.7 Å². The van der Waals surface area contributed by atoms with Gasteiger partial charge in [-0.15, -0.1) is 11.3 Å². The minimum absolute atomic E-state index is 0.0528. The van der Waals surface area contributed by atoms with Crippen molar-refractivity contribution in [3.8, 4) is 0 Å². The van der Waals surface area contributed by atoms with Gasteiger partial charge < -0.3 is 10.3 Å². The molecule has 0 unspecified atom stereocenters. The molecule has 0 atom stereocenters. The van der Waals surface area contributed by atoms with Gasteiger partial charge in [0, 0.05) is 30.6 Å². The van der Waals surface area contributed by atoms with E-state index in [-0.39, 0.29) is 5.02 Å². The Hall–Kier alpha value is -1.66. The van der Waals surface area contributed by atoms with Crippen LogP contribution >= 0.6 is 22.9 Å². The van der Waals surface area contributed by atoms with Crippen molar-refractivity contribution in [2.45, 2.75) is 13.0 Å². The Morgan fingerprint density at radius 1 is 1.42 bits per heavy atom. The fourth-order valence-corrected chi connectivity index (χ4v) is 2.73. The number of hydrogen-bond acceptors (Lipinski definition) is 4. The molecule has 0 radical (unpaired) electrons. The first kappa shape index (κ1) is 12.4. The lowest BCUT2D eigenvalue weighted by atomic mass is 10.3. The van der Waals surface area contributed by atoms with E-state index in [1.54, 1.807) is 22.1 Å². The standard InChI is InChI=1S/C12H10ClFN4S/c13-7-5-9-10(6-8(7)14)18(12(15)17-9)3-1-11-16-2-4-19-11/h2,4-6H,1,3H2,(H2,15,17). The molecule has 2 aromatic heterocycles. The number of thiazole rings is 1. The Balaban J connectivity index is 1.98.